The van der Waals surface area contributed by atoms with Gasteiger partial charge in [-0.25, -0.2) is 9.38 Å². The molecule has 0 bridgehead atoms. The molecule has 27 heavy (non-hydrogen) atoms. The van der Waals surface area contributed by atoms with Crippen molar-refractivity contribution in [1.29, 1.82) is 0 Å². The van der Waals surface area contributed by atoms with Crippen LogP contribution in [0.3, 0.4) is 0 Å². The minimum Gasteiger partial charge on any atom is -0.266 e. The molecule has 0 unspecified atom stereocenters. The van der Waals surface area contributed by atoms with Crippen LogP contribution in [0.25, 0.3) is 6.08 Å². The van der Waals surface area contributed by atoms with Crippen LogP contribution in [0.1, 0.15) is 11.1 Å². The van der Waals surface area contributed by atoms with E-state index >= 15 is 0 Å². The van der Waals surface area contributed by atoms with Crippen LogP contribution in [0.5, 0.6) is 0 Å². The Bertz CT molecular complexity index is 1040. The first-order valence-electron chi connectivity index (χ1n) is 8.33. The first kappa shape index (κ1) is 17.4. The number of anilines is 1. The fourth-order valence-electron chi connectivity index (χ4n) is 2.85. The van der Waals surface area contributed by atoms with Gasteiger partial charge in [0.15, 0.2) is 0 Å². The van der Waals surface area contributed by atoms with E-state index in [1.807, 2.05) is 54.6 Å². The number of amides is 1. The van der Waals surface area contributed by atoms with Gasteiger partial charge in [-0.1, -0.05) is 46.3 Å². The van der Waals surface area contributed by atoms with E-state index in [-0.39, 0.29) is 11.7 Å². The van der Waals surface area contributed by atoms with Crippen LogP contribution in [0.15, 0.2) is 94.0 Å². The molecule has 0 radical (unpaired) electrons. The second-order valence-corrected chi connectivity index (χ2v) is 6.92. The van der Waals surface area contributed by atoms with Gasteiger partial charge in [-0.3, -0.25) is 9.69 Å². The Labute approximate surface area is 164 Å². The fourth-order valence-corrected chi connectivity index (χ4v) is 3.11. The van der Waals surface area contributed by atoms with Crippen molar-refractivity contribution in [3.05, 3.63) is 106 Å². The Morgan fingerprint density at radius 1 is 0.889 bits per heavy atom. The predicted octanol–water partition coefficient (Wildman–Crippen LogP) is 5.42. The van der Waals surface area contributed by atoms with Crippen molar-refractivity contribution >= 4 is 39.4 Å². The minimum absolute atomic E-state index is 0.222. The molecule has 0 aliphatic carbocycles. The molecular formula is C22H14BrFN2O. The van der Waals surface area contributed by atoms with Crippen molar-refractivity contribution in [1.82, 2.24) is 0 Å². The number of amidine groups is 1. The third-order valence-corrected chi connectivity index (χ3v) is 4.68. The van der Waals surface area contributed by atoms with E-state index in [2.05, 4.69) is 20.9 Å². The number of rotatable bonds is 3. The molecule has 0 fully saturated rings. The number of hydrogen-bond donors (Lipinski definition) is 0. The molecule has 3 nitrogen and oxygen atoms in total. The highest BCUT2D eigenvalue weighted by Gasteiger charge is 2.32. The van der Waals surface area contributed by atoms with Gasteiger partial charge in [-0.15, -0.1) is 0 Å². The lowest BCUT2D eigenvalue weighted by atomic mass is 10.1. The quantitative estimate of drug-likeness (QED) is 0.520. The molecule has 0 aromatic heterocycles. The Morgan fingerprint density at radius 3 is 2.22 bits per heavy atom. The van der Waals surface area contributed by atoms with Crippen LogP contribution in [0.2, 0.25) is 0 Å². The van der Waals surface area contributed by atoms with Crippen LogP contribution >= 0.6 is 15.9 Å². The van der Waals surface area contributed by atoms with Gasteiger partial charge in [0, 0.05) is 10.0 Å². The first-order chi connectivity index (χ1) is 13.1. The van der Waals surface area contributed by atoms with Crippen LogP contribution in [0.4, 0.5) is 10.1 Å². The fraction of sp³-hybridized carbons (Fsp3) is 0. The molecule has 3 aromatic carbocycles. The molecule has 1 heterocycles. The van der Waals surface area contributed by atoms with E-state index in [9.17, 15) is 9.18 Å². The molecule has 1 aliphatic rings. The van der Waals surface area contributed by atoms with Crippen LogP contribution < -0.4 is 4.90 Å². The number of nitrogens with zero attached hydrogens (tertiary/aromatic N) is 2. The highest BCUT2D eigenvalue weighted by molar-refractivity contribution is 9.10. The average Bonchev–Trinajstić information content (AvgIpc) is 3.00. The molecule has 0 spiro atoms. The minimum atomic E-state index is -0.334. The lowest BCUT2D eigenvalue weighted by molar-refractivity contribution is -0.113. The van der Waals surface area contributed by atoms with Crippen molar-refractivity contribution in [2.45, 2.75) is 0 Å². The summed E-state index contributed by atoms with van der Waals surface area (Å²) in [6.07, 6.45) is 1.75. The zero-order valence-corrected chi connectivity index (χ0v) is 15.7. The van der Waals surface area contributed by atoms with E-state index in [0.717, 1.165) is 10.0 Å². The van der Waals surface area contributed by atoms with Gasteiger partial charge >= 0.3 is 0 Å². The number of benzene rings is 3. The predicted molar refractivity (Wildman–Crippen MR) is 109 cm³/mol. The molecule has 0 saturated carbocycles. The summed E-state index contributed by atoms with van der Waals surface area (Å²) in [5, 5.41) is 0. The first-order valence-corrected chi connectivity index (χ1v) is 9.12. The number of carbonyl (C=O) groups excluding carboxylic acids is 1. The lowest BCUT2D eigenvalue weighted by Gasteiger charge is -2.18. The van der Waals surface area contributed by atoms with Crippen molar-refractivity contribution in [2.24, 2.45) is 4.99 Å². The third kappa shape index (κ3) is 3.59. The summed E-state index contributed by atoms with van der Waals surface area (Å²) in [6.45, 7) is 0. The van der Waals surface area contributed by atoms with Crippen molar-refractivity contribution in [2.75, 3.05) is 4.90 Å². The van der Waals surface area contributed by atoms with Gasteiger partial charge < -0.3 is 0 Å². The molecule has 0 saturated heterocycles. The standard InChI is InChI=1S/C22H14BrFN2O/c23-17-8-12-19(13-9-17)26-21(16-6-10-18(24)11-7-16)25-20(22(26)27)14-15-4-2-1-3-5-15/h1-14H/b20-14+. The number of halogens is 2. The van der Waals surface area contributed by atoms with E-state index in [1.54, 1.807) is 23.1 Å². The second kappa shape index (κ2) is 7.29. The van der Waals surface area contributed by atoms with Crippen LogP contribution in [0, 0.1) is 5.82 Å². The Hall–Kier alpha value is -3.05. The maximum atomic E-state index is 13.3. The van der Waals surface area contributed by atoms with E-state index in [4.69, 9.17) is 0 Å². The van der Waals surface area contributed by atoms with Crippen molar-refractivity contribution in [3.63, 3.8) is 0 Å². The van der Waals surface area contributed by atoms with Gasteiger partial charge in [0.2, 0.25) is 0 Å². The molecule has 1 amide bonds. The summed E-state index contributed by atoms with van der Waals surface area (Å²) in [5.41, 5.74) is 2.59. The summed E-state index contributed by atoms with van der Waals surface area (Å²) < 4.78 is 14.3. The largest absolute Gasteiger partial charge is 0.282 e. The molecule has 3 aromatic rings. The third-order valence-electron chi connectivity index (χ3n) is 4.15. The van der Waals surface area contributed by atoms with Gasteiger partial charge in [-0.05, 0) is 60.2 Å². The van der Waals surface area contributed by atoms with Gasteiger partial charge in [0.25, 0.3) is 5.91 Å². The van der Waals surface area contributed by atoms with Crippen LogP contribution in [-0.4, -0.2) is 11.7 Å². The number of hydrogen-bond acceptors (Lipinski definition) is 2. The number of aliphatic imine (C=N–C) groups is 1. The summed E-state index contributed by atoms with van der Waals surface area (Å²) in [6, 6.07) is 22.9. The highest BCUT2D eigenvalue weighted by Crippen LogP contribution is 2.29. The smallest absolute Gasteiger partial charge is 0.266 e. The molecule has 0 N–H and O–H groups in total. The zero-order valence-electron chi connectivity index (χ0n) is 14.1. The monoisotopic (exact) mass is 420 g/mol. The molecule has 132 valence electrons. The summed E-state index contributed by atoms with van der Waals surface area (Å²) in [4.78, 5) is 19.2. The van der Waals surface area contributed by atoms with Crippen molar-refractivity contribution < 1.29 is 9.18 Å². The Kier molecular flexibility index (Phi) is 4.69. The normalized spacial score (nSPS) is 15.3. The zero-order chi connectivity index (χ0) is 18.8. The summed E-state index contributed by atoms with van der Waals surface area (Å²) in [7, 11) is 0. The average molecular weight is 421 g/mol. The molecule has 1 aliphatic heterocycles. The Balaban J connectivity index is 1.82. The molecule has 5 heteroatoms. The van der Waals surface area contributed by atoms with Gasteiger partial charge in [-0.2, -0.15) is 0 Å². The highest BCUT2D eigenvalue weighted by atomic mass is 79.9. The maximum absolute atomic E-state index is 13.3. The topological polar surface area (TPSA) is 32.7 Å². The summed E-state index contributed by atoms with van der Waals surface area (Å²) >= 11 is 3.41. The van der Waals surface area contributed by atoms with Gasteiger partial charge in [0.05, 0.1) is 5.69 Å². The van der Waals surface area contributed by atoms with E-state index in [1.165, 1.54) is 12.1 Å². The van der Waals surface area contributed by atoms with E-state index < -0.39 is 0 Å². The second-order valence-electron chi connectivity index (χ2n) is 6.00. The SMILES string of the molecule is O=C1/C(=C\c2ccccc2)N=C(c2ccc(F)cc2)N1c1ccc(Br)cc1. The molecule has 4 rings (SSSR count). The van der Waals surface area contributed by atoms with Crippen LogP contribution in [-0.2, 0) is 4.79 Å². The number of carbonyl (C=O) groups is 1. The molecular weight excluding hydrogens is 407 g/mol. The lowest BCUT2D eigenvalue weighted by Crippen LogP contribution is -2.32. The van der Waals surface area contributed by atoms with Gasteiger partial charge in [0.1, 0.15) is 17.3 Å². The maximum Gasteiger partial charge on any atom is 0.282 e. The van der Waals surface area contributed by atoms with E-state index in [0.29, 0.717) is 22.8 Å². The van der Waals surface area contributed by atoms with Crippen molar-refractivity contribution in [3.8, 4) is 0 Å². The Morgan fingerprint density at radius 2 is 1.56 bits per heavy atom. The molecule has 0 atom stereocenters. The summed E-state index contributed by atoms with van der Waals surface area (Å²) in [5.74, 6) is -0.0797.